The van der Waals surface area contributed by atoms with Crippen molar-refractivity contribution in [2.24, 2.45) is 11.8 Å². The number of carbonyl (C=O) groups is 3. The summed E-state index contributed by atoms with van der Waals surface area (Å²) in [6, 6.07) is 5.40. The number of aryl methyl sites for hydroxylation is 1. The minimum Gasteiger partial charge on any atom is -0.477 e. The Hall–Kier alpha value is -3.90. The Morgan fingerprint density at radius 2 is 1.94 bits per heavy atom. The van der Waals surface area contributed by atoms with E-state index in [9.17, 15) is 34.7 Å². The lowest BCUT2D eigenvalue weighted by molar-refractivity contribution is -0.384. The number of aromatic nitrogens is 2. The number of amides is 1. The van der Waals surface area contributed by atoms with Crippen LogP contribution in [0.3, 0.4) is 0 Å². The number of nitro groups is 1. The zero-order valence-corrected chi connectivity index (χ0v) is 20.4. The molecule has 0 aliphatic carbocycles. The van der Waals surface area contributed by atoms with Crippen LogP contribution in [0.15, 0.2) is 36.3 Å². The van der Waals surface area contributed by atoms with E-state index in [2.05, 4.69) is 4.98 Å². The molecule has 2 N–H and O–H groups in total. The van der Waals surface area contributed by atoms with E-state index in [0.29, 0.717) is 27.4 Å². The summed E-state index contributed by atoms with van der Waals surface area (Å²) in [6.07, 6.45) is 0.828. The van der Waals surface area contributed by atoms with Gasteiger partial charge in [0.25, 0.3) is 5.69 Å². The second kappa shape index (κ2) is 8.35. The van der Waals surface area contributed by atoms with E-state index >= 15 is 0 Å². The fourth-order valence-electron chi connectivity index (χ4n) is 5.36. The maximum atomic E-state index is 13.0. The molecular weight excluding hydrogens is 488 g/mol. The number of non-ortho nitro benzene ring substituents is 1. The van der Waals surface area contributed by atoms with Gasteiger partial charge in [-0.2, -0.15) is 0 Å². The number of hydrogen-bond acceptors (Lipinski definition) is 8. The number of imidazole rings is 1. The topological polar surface area (TPSA) is 155 Å². The number of ketones is 1. The molecule has 2 aliphatic heterocycles. The van der Waals surface area contributed by atoms with Crippen molar-refractivity contribution < 1.29 is 29.5 Å². The molecule has 4 heterocycles. The van der Waals surface area contributed by atoms with Gasteiger partial charge in [0.1, 0.15) is 22.5 Å². The molecular formula is C24H22N4O7S. The third kappa shape index (κ3) is 3.36. The Morgan fingerprint density at radius 1 is 1.28 bits per heavy atom. The first-order chi connectivity index (χ1) is 17.0. The van der Waals surface area contributed by atoms with Gasteiger partial charge in [-0.25, -0.2) is 9.78 Å². The van der Waals surface area contributed by atoms with Gasteiger partial charge in [0.05, 0.1) is 27.9 Å². The van der Waals surface area contributed by atoms with Gasteiger partial charge in [-0.15, -0.1) is 11.3 Å². The van der Waals surface area contributed by atoms with Crippen molar-refractivity contribution in [2.75, 3.05) is 0 Å². The standard InChI is InChI=1S/C24H22N4O7S/c1-10-21(36-23-18(12(3)30)25-9-26(10)23)17-15(8-13-4-6-14(7-5-13)28(34)35)19-16(11(2)29)22(31)27(19)20(17)24(32)33/h4-7,9,11,15-16,19,29H,8H2,1-3H3,(H,32,33)/t11-,15?,16-,19-/m1/s1. The Kier molecular flexibility index (Phi) is 5.52. The Balaban J connectivity index is 1.69. The molecule has 1 unspecified atom stereocenters. The fourth-order valence-corrected chi connectivity index (χ4v) is 6.73. The molecule has 0 saturated carbocycles. The number of nitro benzene ring substituents is 1. The van der Waals surface area contributed by atoms with E-state index in [0.717, 1.165) is 5.56 Å². The Morgan fingerprint density at radius 3 is 2.50 bits per heavy atom. The number of thiazole rings is 1. The van der Waals surface area contributed by atoms with Crippen molar-refractivity contribution in [3.8, 4) is 0 Å². The van der Waals surface area contributed by atoms with Crippen LogP contribution in [-0.2, 0) is 16.0 Å². The molecule has 5 rings (SSSR count). The Labute approximate surface area is 208 Å². The highest BCUT2D eigenvalue weighted by atomic mass is 32.1. The summed E-state index contributed by atoms with van der Waals surface area (Å²) in [6.45, 7) is 4.71. The van der Waals surface area contributed by atoms with Crippen molar-refractivity contribution in [1.82, 2.24) is 14.3 Å². The van der Waals surface area contributed by atoms with Crippen LogP contribution in [0.4, 0.5) is 5.69 Å². The minimum atomic E-state index is -1.26. The molecule has 4 atom stereocenters. The first-order valence-electron chi connectivity index (χ1n) is 11.2. The molecule has 1 amide bonds. The fraction of sp³-hybridized carbons (Fsp3) is 0.333. The summed E-state index contributed by atoms with van der Waals surface area (Å²) in [5.41, 5.74) is 1.93. The highest BCUT2D eigenvalue weighted by molar-refractivity contribution is 7.19. The second-order valence-electron chi connectivity index (χ2n) is 9.11. The zero-order chi connectivity index (χ0) is 26.0. The van der Waals surface area contributed by atoms with Crippen molar-refractivity contribution in [3.63, 3.8) is 0 Å². The minimum absolute atomic E-state index is 0.0667. The molecule has 2 aromatic heterocycles. The molecule has 0 bridgehead atoms. The third-order valence-electron chi connectivity index (χ3n) is 6.98. The van der Waals surface area contributed by atoms with Crippen molar-refractivity contribution >= 4 is 45.1 Å². The molecule has 11 nitrogen and oxygen atoms in total. The average molecular weight is 511 g/mol. The number of aliphatic hydroxyl groups is 1. The van der Waals surface area contributed by atoms with E-state index in [1.165, 1.54) is 48.5 Å². The van der Waals surface area contributed by atoms with Crippen LogP contribution in [0.1, 0.15) is 40.5 Å². The van der Waals surface area contributed by atoms with Crippen molar-refractivity contribution in [3.05, 3.63) is 68.2 Å². The van der Waals surface area contributed by atoms with E-state index in [-0.39, 0.29) is 22.9 Å². The molecule has 0 radical (unpaired) electrons. The van der Waals surface area contributed by atoms with Gasteiger partial charge < -0.3 is 15.1 Å². The number of Topliss-reactive ketones (excluding diaryl/α,β-unsaturated/α-hetero) is 1. The quantitative estimate of drug-likeness (QED) is 0.213. The SMILES string of the molecule is CC(=O)c1ncn2c(C)c(C3=C(C(=O)O)N4C(=O)[C@H]([C@@H](C)O)[C@H]4C3Cc3ccc([N+](=O)[O-])cc3)sc12. The number of β-lactam (4-membered cyclic amide) rings is 1. The van der Waals surface area contributed by atoms with Gasteiger partial charge in [-0.3, -0.25) is 24.1 Å². The van der Waals surface area contributed by atoms with Crippen LogP contribution in [0, 0.1) is 28.9 Å². The molecule has 0 spiro atoms. The Bertz CT molecular complexity index is 1480. The van der Waals surface area contributed by atoms with Crippen molar-refractivity contribution in [1.29, 1.82) is 0 Å². The van der Waals surface area contributed by atoms with Crippen LogP contribution in [0.2, 0.25) is 0 Å². The van der Waals surface area contributed by atoms with Gasteiger partial charge in [0.15, 0.2) is 5.78 Å². The number of benzene rings is 1. The summed E-state index contributed by atoms with van der Waals surface area (Å²) in [4.78, 5) is 54.8. The van der Waals surface area contributed by atoms with Gasteiger partial charge in [0.2, 0.25) is 5.91 Å². The molecule has 1 saturated heterocycles. The first-order valence-corrected chi connectivity index (χ1v) is 12.0. The summed E-state index contributed by atoms with van der Waals surface area (Å²) < 4.78 is 1.73. The van der Waals surface area contributed by atoms with Crippen LogP contribution in [0.25, 0.3) is 10.4 Å². The lowest BCUT2D eigenvalue weighted by atomic mass is 9.74. The number of carbonyl (C=O) groups excluding carboxylic acids is 2. The highest BCUT2D eigenvalue weighted by Gasteiger charge is 2.61. The molecule has 3 aromatic rings. The number of aliphatic carboxylic acids is 1. The third-order valence-corrected chi connectivity index (χ3v) is 8.29. The summed E-state index contributed by atoms with van der Waals surface area (Å²) in [7, 11) is 0. The molecule has 12 heteroatoms. The largest absolute Gasteiger partial charge is 0.477 e. The van der Waals surface area contributed by atoms with Gasteiger partial charge in [-0.1, -0.05) is 12.1 Å². The smallest absolute Gasteiger partial charge is 0.352 e. The van der Waals surface area contributed by atoms with E-state index in [1.54, 1.807) is 23.5 Å². The monoisotopic (exact) mass is 510 g/mol. The average Bonchev–Trinajstić information content (AvgIpc) is 3.44. The van der Waals surface area contributed by atoms with Crippen LogP contribution < -0.4 is 0 Å². The molecule has 1 aromatic carbocycles. The molecule has 2 aliphatic rings. The predicted octanol–water partition coefficient (Wildman–Crippen LogP) is 2.69. The van der Waals surface area contributed by atoms with Crippen LogP contribution in [0.5, 0.6) is 0 Å². The van der Waals surface area contributed by atoms with Gasteiger partial charge >= 0.3 is 5.97 Å². The number of aliphatic hydroxyl groups excluding tert-OH is 1. The van der Waals surface area contributed by atoms with Crippen molar-refractivity contribution in [2.45, 2.75) is 39.3 Å². The lowest BCUT2D eigenvalue weighted by Crippen LogP contribution is -2.64. The normalized spacial score (nSPS) is 22.1. The van der Waals surface area contributed by atoms with Crippen LogP contribution >= 0.6 is 11.3 Å². The lowest BCUT2D eigenvalue weighted by Gasteiger charge is -2.47. The first kappa shape index (κ1) is 23.8. The second-order valence-corrected chi connectivity index (χ2v) is 10.1. The maximum absolute atomic E-state index is 13.0. The molecule has 186 valence electrons. The summed E-state index contributed by atoms with van der Waals surface area (Å²) in [5.74, 6) is -3.21. The predicted molar refractivity (Wildman–Crippen MR) is 128 cm³/mol. The van der Waals surface area contributed by atoms with E-state index in [1.807, 2.05) is 0 Å². The zero-order valence-electron chi connectivity index (χ0n) is 19.5. The number of fused-ring (bicyclic) bond motifs is 2. The summed E-state index contributed by atoms with van der Waals surface area (Å²) in [5, 5.41) is 31.6. The van der Waals surface area contributed by atoms with E-state index < -0.39 is 40.8 Å². The molecule has 1 fully saturated rings. The number of rotatable bonds is 7. The number of nitrogens with zero attached hydrogens (tertiary/aromatic N) is 4. The number of carboxylic acid groups (broad SMARTS) is 1. The van der Waals surface area contributed by atoms with Gasteiger partial charge in [0, 0.05) is 36.2 Å². The summed E-state index contributed by atoms with van der Waals surface area (Å²) >= 11 is 1.24. The van der Waals surface area contributed by atoms with E-state index in [4.69, 9.17) is 0 Å². The van der Waals surface area contributed by atoms with Gasteiger partial charge in [-0.05, 0) is 25.8 Å². The highest BCUT2D eigenvalue weighted by Crippen LogP contribution is 2.53. The molecule has 36 heavy (non-hydrogen) atoms. The maximum Gasteiger partial charge on any atom is 0.352 e. The number of carboxylic acids is 1. The van der Waals surface area contributed by atoms with Crippen LogP contribution in [-0.4, -0.2) is 59.2 Å². The number of hydrogen-bond donors (Lipinski definition) is 2.